The van der Waals surface area contributed by atoms with Crippen molar-refractivity contribution in [2.24, 2.45) is 0 Å². The fourth-order valence-corrected chi connectivity index (χ4v) is 2.03. The summed E-state index contributed by atoms with van der Waals surface area (Å²) in [7, 11) is -2.84. The lowest BCUT2D eigenvalue weighted by molar-refractivity contribution is -0.133. The highest BCUT2D eigenvalue weighted by Gasteiger charge is 2.13. The summed E-state index contributed by atoms with van der Waals surface area (Å²) in [6.07, 6.45) is 0. The molecule has 0 spiro atoms. The average Bonchev–Trinajstić information content (AvgIpc) is 2.45. The van der Waals surface area contributed by atoms with Gasteiger partial charge < -0.3 is 9.47 Å². The van der Waals surface area contributed by atoms with Gasteiger partial charge in [0.25, 0.3) is 0 Å². The van der Waals surface area contributed by atoms with Gasteiger partial charge >= 0.3 is 11.9 Å². The van der Waals surface area contributed by atoms with Crippen molar-refractivity contribution in [1.29, 1.82) is 0 Å². The van der Waals surface area contributed by atoms with Crippen LogP contribution in [0.2, 0.25) is 0 Å². The van der Waals surface area contributed by atoms with Crippen LogP contribution in [0, 0.1) is 11.2 Å². The lowest BCUT2D eigenvalue weighted by Crippen LogP contribution is -2.05. The molecule has 0 saturated carbocycles. The van der Waals surface area contributed by atoms with E-state index in [9.17, 15) is 18.0 Å². The van der Waals surface area contributed by atoms with Crippen molar-refractivity contribution < 1.29 is 27.5 Å². The molecule has 1 rings (SSSR count). The molecule has 1 aromatic rings. The van der Waals surface area contributed by atoms with Crippen LogP contribution in [-0.2, 0) is 24.1 Å². The zero-order chi connectivity index (χ0) is 15.2. The van der Waals surface area contributed by atoms with E-state index in [1.165, 1.54) is 24.3 Å². The molecule has 20 heavy (non-hydrogen) atoms. The third-order valence-corrected chi connectivity index (χ3v) is 3.41. The molecule has 0 saturated heterocycles. The lowest BCUT2D eigenvalue weighted by atomic mass is 10.2. The SMILES string of the molecule is CCOC(=O)c1ccc(S(=O)(=O)C#CC(=O)OC)cc1. The smallest absolute Gasteiger partial charge is 0.385 e. The molecular formula is C13H12O6S. The first-order valence-corrected chi connectivity index (χ1v) is 7.02. The number of rotatable bonds is 3. The van der Waals surface area contributed by atoms with E-state index in [-0.39, 0.29) is 17.1 Å². The molecule has 0 aliphatic rings. The van der Waals surface area contributed by atoms with Crippen molar-refractivity contribution in [1.82, 2.24) is 0 Å². The maximum Gasteiger partial charge on any atom is 0.385 e. The summed E-state index contributed by atoms with van der Waals surface area (Å²) in [4.78, 5) is 22.1. The molecule has 7 heteroatoms. The van der Waals surface area contributed by atoms with Gasteiger partial charge in [0.15, 0.2) is 0 Å². The molecule has 0 aliphatic heterocycles. The van der Waals surface area contributed by atoms with E-state index in [4.69, 9.17) is 4.74 Å². The van der Waals surface area contributed by atoms with Crippen LogP contribution in [0.1, 0.15) is 17.3 Å². The summed E-state index contributed by atoms with van der Waals surface area (Å²) >= 11 is 0. The molecule has 0 N–H and O–H groups in total. The van der Waals surface area contributed by atoms with E-state index in [0.717, 1.165) is 7.11 Å². The minimum Gasteiger partial charge on any atom is -0.462 e. The Morgan fingerprint density at radius 1 is 1.20 bits per heavy atom. The van der Waals surface area contributed by atoms with Crippen molar-refractivity contribution in [2.45, 2.75) is 11.8 Å². The number of ether oxygens (including phenoxy) is 2. The molecule has 0 aliphatic carbocycles. The van der Waals surface area contributed by atoms with Gasteiger partial charge in [-0.25, -0.2) is 18.0 Å². The fraction of sp³-hybridized carbons (Fsp3) is 0.231. The topological polar surface area (TPSA) is 86.7 Å². The summed E-state index contributed by atoms with van der Waals surface area (Å²) in [6, 6.07) is 5.05. The summed E-state index contributed by atoms with van der Waals surface area (Å²) < 4.78 is 32.5. The maximum atomic E-state index is 11.8. The van der Waals surface area contributed by atoms with Gasteiger partial charge in [-0.1, -0.05) is 0 Å². The molecule has 0 radical (unpaired) electrons. The third-order valence-electron chi connectivity index (χ3n) is 2.15. The van der Waals surface area contributed by atoms with Crippen LogP contribution < -0.4 is 0 Å². The van der Waals surface area contributed by atoms with E-state index in [0.29, 0.717) is 0 Å². The summed E-state index contributed by atoms with van der Waals surface area (Å²) in [5.41, 5.74) is 0.228. The highest BCUT2D eigenvalue weighted by atomic mass is 32.2. The zero-order valence-corrected chi connectivity index (χ0v) is 11.7. The van der Waals surface area contributed by atoms with Gasteiger partial charge in [-0.05, 0) is 31.2 Å². The van der Waals surface area contributed by atoms with Gasteiger partial charge in [-0.15, -0.1) is 0 Å². The molecule has 0 atom stereocenters. The largest absolute Gasteiger partial charge is 0.462 e. The van der Waals surface area contributed by atoms with Crippen LogP contribution in [0.3, 0.4) is 0 Å². The van der Waals surface area contributed by atoms with Crippen LogP contribution in [0.15, 0.2) is 29.2 Å². The van der Waals surface area contributed by atoms with Gasteiger partial charge in [0.2, 0.25) is 9.84 Å². The van der Waals surface area contributed by atoms with Crippen molar-refractivity contribution >= 4 is 21.8 Å². The highest BCUT2D eigenvalue weighted by Crippen LogP contribution is 2.12. The molecule has 0 bridgehead atoms. The van der Waals surface area contributed by atoms with Gasteiger partial charge in [0.05, 0.1) is 24.2 Å². The standard InChI is InChI=1S/C13H12O6S/c1-3-19-13(15)10-4-6-11(7-5-10)20(16,17)9-8-12(14)18-2/h4-7H,3H2,1-2H3. The number of hydrogen-bond acceptors (Lipinski definition) is 6. The summed E-state index contributed by atoms with van der Waals surface area (Å²) in [5, 5.41) is 1.83. The van der Waals surface area contributed by atoms with Gasteiger partial charge in [0.1, 0.15) is 0 Å². The van der Waals surface area contributed by atoms with E-state index in [1.807, 2.05) is 11.2 Å². The number of carbonyl (C=O) groups is 2. The molecule has 6 nitrogen and oxygen atoms in total. The second-order valence-electron chi connectivity index (χ2n) is 3.47. The van der Waals surface area contributed by atoms with Crippen LogP contribution in [0.4, 0.5) is 0 Å². The number of hydrogen-bond donors (Lipinski definition) is 0. The van der Waals surface area contributed by atoms with Crippen molar-refractivity contribution in [3.63, 3.8) is 0 Å². The second-order valence-corrected chi connectivity index (χ2v) is 5.15. The van der Waals surface area contributed by atoms with Crippen LogP contribution >= 0.6 is 0 Å². The van der Waals surface area contributed by atoms with E-state index < -0.39 is 21.8 Å². The van der Waals surface area contributed by atoms with E-state index in [1.54, 1.807) is 6.92 Å². The van der Waals surface area contributed by atoms with Crippen LogP contribution in [-0.4, -0.2) is 34.1 Å². The molecular weight excluding hydrogens is 284 g/mol. The van der Waals surface area contributed by atoms with Crippen LogP contribution in [0.25, 0.3) is 0 Å². The molecule has 0 fully saturated rings. The number of esters is 2. The van der Waals surface area contributed by atoms with Gasteiger partial charge in [-0.2, -0.15) is 0 Å². The fourth-order valence-electron chi connectivity index (χ4n) is 1.20. The minimum absolute atomic E-state index is 0.123. The molecule has 1 aromatic carbocycles. The Morgan fingerprint density at radius 3 is 2.30 bits per heavy atom. The lowest BCUT2D eigenvalue weighted by Gasteiger charge is -2.02. The maximum absolute atomic E-state index is 11.8. The monoisotopic (exact) mass is 296 g/mol. The number of methoxy groups -OCH3 is 1. The Kier molecular flexibility index (Phi) is 5.29. The molecule has 0 heterocycles. The number of sulfone groups is 1. The minimum atomic E-state index is -3.93. The van der Waals surface area contributed by atoms with Crippen molar-refractivity contribution in [3.8, 4) is 11.2 Å². The van der Waals surface area contributed by atoms with Crippen LogP contribution in [0.5, 0.6) is 0 Å². The quantitative estimate of drug-likeness (QED) is 0.465. The Hall–Kier alpha value is -2.33. The van der Waals surface area contributed by atoms with Crippen molar-refractivity contribution in [3.05, 3.63) is 29.8 Å². The normalized spacial score (nSPS) is 10.1. The first kappa shape index (κ1) is 15.7. The number of benzene rings is 1. The van der Waals surface area contributed by atoms with Gasteiger partial charge in [0, 0.05) is 11.2 Å². The second kappa shape index (κ2) is 6.73. The first-order valence-electron chi connectivity index (χ1n) is 5.53. The predicted molar refractivity (Wildman–Crippen MR) is 69.4 cm³/mol. The first-order chi connectivity index (χ1) is 9.40. The van der Waals surface area contributed by atoms with Crippen molar-refractivity contribution in [2.75, 3.05) is 13.7 Å². The zero-order valence-electron chi connectivity index (χ0n) is 10.9. The highest BCUT2D eigenvalue weighted by molar-refractivity contribution is 7.96. The van der Waals surface area contributed by atoms with E-state index >= 15 is 0 Å². The Balaban J connectivity index is 3.00. The predicted octanol–water partition coefficient (Wildman–Crippen LogP) is 0.771. The molecule has 0 amide bonds. The van der Waals surface area contributed by atoms with E-state index in [2.05, 4.69) is 4.74 Å². The third kappa shape index (κ3) is 4.10. The Morgan fingerprint density at radius 2 is 1.80 bits per heavy atom. The molecule has 106 valence electrons. The summed E-state index contributed by atoms with van der Waals surface area (Å²) in [6.45, 7) is 1.89. The average molecular weight is 296 g/mol. The molecule has 0 unspecified atom stereocenters. The van der Waals surface area contributed by atoms with Gasteiger partial charge in [-0.3, -0.25) is 0 Å². The molecule has 0 aromatic heterocycles. The Labute approximate surface area is 116 Å². The Bertz CT molecular complexity index is 661. The number of carbonyl (C=O) groups excluding carboxylic acids is 2. The summed E-state index contributed by atoms with van der Waals surface area (Å²) in [5.74, 6) is 0.346.